The summed E-state index contributed by atoms with van der Waals surface area (Å²) < 4.78 is 4.88. The molecule has 166 valence electrons. The first-order chi connectivity index (χ1) is 15.5. The van der Waals surface area contributed by atoms with Crippen molar-refractivity contribution in [1.29, 1.82) is 0 Å². The summed E-state index contributed by atoms with van der Waals surface area (Å²) in [6.07, 6.45) is 10.5. The number of anilines is 1. The van der Waals surface area contributed by atoms with E-state index in [0.717, 1.165) is 28.0 Å². The number of amides is 1. The van der Waals surface area contributed by atoms with E-state index in [9.17, 15) is 9.59 Å². The number of carbonyl (C=O) groups is 2. The van der Waals surface area contributed by atoms with Gasteiger partial charge in [-0.05, 0) is 59.8 Å². The molecule has 3 rings (SSSR count). The lowest BCUT2D eigenvalue weighted by atomic mass is 9.88. The molecule has 32 heavy (non-hydrogen) atoms. The summed E-state index contributed by atoms with van der Waals surface area (Å²) in [5, 5.41) is 2.86. The van der Waals surface area contributed by atoms with Crippen LogP contribution in [0.3, 0.4) is 0 Å². The Balaban J connectivity index is 1.92. The molecule has 0 bridgehead atoms. The van der Waals surface area contributed by atoms with Crippen LogP contribution in [-0.4, -0.2) is 42.0 Å². The highest BCUT2D eigenvalue weighted by Gasteiger charge is 2.26. The first-order valence-corrected chi connectivity index (χ1v) is 11.7. The minimum absolute atomic E-state index is 0.295. The molecule has 1 atom stereocenters. The third-order valence-electron chi connectivity index (χ3n) is 5.11. The monoisotopic (exact) mass is 449 g/mol. The number of methoxy groups -OCH3 is 1. The number of allylic oxidation sites excluding steroid dienone is 3. The highest BCUT2D eigenvalue weighted by atomic mass is 32.2. The summed E-state index contributed by atoms with van der Waals surface area (Å²) in [7, 11) is 1.33. The SMILES string of the molecule is COC(=O)[C@H](CCSC)NC(=O)C1=CCC(=Cc2cccnc2N)C=C1c1ccccc1. The molecular weight excluding hydrogens is 422 g/mol. The molecule has 1 aromatic carbocycles. The smallest absolute Gasteiger partial charge is 0.328 e. The first kappa shape index (κ1) is 23.3. The average molecular weight is 450 g/mol. The second-order valence-corrected chi connectivity index (χ2v) is 8.26. The summed E-state index contributed by atoms with van der Waals surface area (Å²) in [6, 6.07) is 12.8. The van der Waals surface area contributed by atoms with E-state index in [0.29, 0.717) is 24.2 Å². The van der Waals surface area contributed by atoms with E-state index in [2.05, 4.69) is 10.3 Å². The standard InChI is InChI=1S/C25H27N3O3S/c1-31-25(30)22(12-14-32-2)28-24(29)20-11-10-17(15-19-9-6-13-27-23(19)26)16-21(20)18-7-4-3-5-8-18/h3-9,11,13,15-16,22H,10,12,14H2,1-2H3,(H2,26,27)(H,28,29)/t22-/m0/s1. The Morgan fingerprint density at radius 1 is 1.25 bits per heavy atom. The van der Waals surface area contributed by atoms with Crippen LogP contribution < -0.4 is 11.1 Å². The number of hydrogen-bond donors (Lipinski definition) is 2. The lowest BCUT2D eigenvalue weighted by Gasteiger charge is -2.21. The minimum Gasteiger partial charge on any atom is -0.467 e. The fourth-order valence-electron chi connectivity index (χ4n) is 3.44. The van der Waals surface area contributed by atoms with E-state index in [1.807, 2.05) is 66.9 Å². The summed E-state index contributed by atoms with van der Waals surface area (Å²) in [5.74, 6) is 0.454. The maximum absolute atomic E-state index is 13.2. The number of ether oxygens (including phenoxy) is 1. The zero-order valence-corrected chi connectivity index (χ0v) is 19.0. The predicted molar refractivity (Wildman–Crippen MR) is 131 cm³/mol. The second kappa shape index (κ2) is 11.3. The maximum atomic E-state index is 13.2. The molecule has 0 radical (unpaired) electrons. The molecular formula is C25H27N3O3S. The number of nitrogens with one attached hydrogen (secondary N) is 1. The van der Waals surface area contributed by atoms with Crippen LogP contribution in [0, 0.1) is 0 Å². The van der Waals surface area contributed by atoms with Gasteiger partial charge in [0.2, 0.25) is 0 Å². The van der Waals surface area contributed by atoms with Gasteiger partial charge in [-0.3, -0.25) is 4.79 Å². The molecule has 2 aromatic rings. The minimum atomic E-state index is -0.690. The number of thioether (sulfide) groups is 1. The second-order valence-electron chi connectivity index (χ2n) is 7.27. The predicted octanol–water partition coefficient (Wildman–Crippen LogP) is 3.87. The van der Waals surface area contributed by atoms with Crippen molar-refractivity contribution in [2.75, 3.05) is 24.9 Å². The van der Waals surface area contributed by atoms with Crippen LogP contribution in [0.4, 0.5) is 5.82 Å². The molecule has 0 fully saturated rings. The van der Waals surface area contributed by atoms with Crippen molar-refractivity contribution in [3.05, 3.63) is 83.1 Å². The molecule has 0 aliphatic heterocycles. The Kier molecular flexibility index (Phi) is 8.27. The normalized spacial score (nSPS) is 15.5. The lowest BCUT2D eigenvalue weighted by molar-refractivity contribution is -0.144. The van der Waals surface area contributed by atoms with Crippen LogP contribution in [0.5, 0.6) is 0 Å². The summed E-state index contributed by atoms with van der Waals surface area (Å²) in [5.41, 5.74) is 10.1. The van der Waals surface area contributed by atoms with Crippen molar-refractivity contribution in [3.8, 4) is 0 Å². The van der Waals surface area contributed by atoms with Crippen molar-refractivity contribution in [2.45, 2.75) is 18.9 Å². The molecule has 6 nitrogen and oxygen atoms in total. The number of aromatic nitrogens is 1. The fraction of sp³-hybridized carbons (Fsp3) is 0.240. The summed E-state index contributed by atoms with van der Waals surface area (Å²) >= 11 is 1.61. The van der Waals surface area contributed by atoms with Gasteiger partial charge in [0.25, 0.3) is 5.91 Å². The van der Waals surface area contributed by atoms with Crippen LogP contribution in [0.15, 0.2) is 72.0 Å². The lowest BCUT2D eigenvalue weighted by Crippen LogP contribution is -2.42. The number of carbonyl (C=O) groups excluding carboxylic acids is 2. The number of nitrogen functional groups attached to an aromatic ring is 1. The average Bonchev–Trinajstić information content (AvgIpc) is 2.83. The topological polar surface area (TPSA) is 94.3 Å². The van der Waals surface area contributed by atoms with Crippen molar-refractivity contribution in [1.82, 2.24) is 10.3 Å². The van der Waals surface area contributed by atoms with Crippen LogP contribution >= 0.6 is 11.8 Å². The van der Waals surface area contributed by atoms with Crippen molar-refractivity contribution in [2.24, 2.45) is 0 Å². The number of nitrogens with zero attached hydrogens (tertiary/aromatic N) is 1. The molecule has 1 heterocycles. The largest absolute Gasteiger partial charge is 0.467 e. The molecule has 3 N–H and O–H groups in total. The quantitative estimate of drug-likeness (QED) is 0.594. The van der Waals surface area contributed by atoms with Gasteiger partial charge in [-0.15, -0.1) is 0 Å². The van der Waals surface area contributed by atoms with Crippen LogP contribution in [0.2, 0.25) is 0 Å². The van der Waals surface area contributed by atoms with Gasteiger partial charge in [-0.2, -0.15) is 11.8 Å². The third-order valence-corrected chi connectivity index (χ3v) is 5.75. The highest BCUT2D eigenvalue weighted by molar-refractivity contribution is 7.98. The van der Waals surface area contributed by atoms with Crippen molar-refractivity contribution in [3.63, 3.8) is 0 Å². The van der Waals surface area contributed by atoms with Gasteiger partial charge < -0.3 is 15.8 Å². The van der Waals surface area contributed by atoms with Crippen molar-refractivity contribution < 1.29 is 14.3 Å². The Bertz CT molecular complexity index is 1060. The van der Waals surface area contributed by atoms with E-state index in [-0.39, 0.29) is 5.91 Å². The Labute approximate surface area is 192 Å². The molecule has 0 spiro atoms. The van der Waals surface area contributed by atoms with Gasteiger partial charge in [0.15, 0.2) is 0 Å². The summed E-state index contributed by atoms with van der Waals surface area (Å²) in [6.45, 7) is 0. The molecule has 1 aliphatic carbocycles. The molecule has 0 unspecified atom stereocenters. The molecule has 1 amide bonds. The molecule has 1 aliphatic rings. The first-order valence-electron chi connectivity index (χ1n) is 10.3. The van der Waals surface area contributed by atoms with E-state index in [1.54, 1.807) is 18.0 Å². The Morgan fingerprint density at radius 2 is 2.03 bits per heavy atom. The zero-order chi connectivity index (χ0) is 22.9. The summed E-state index contributed by atoms with van der Waals surface area (Å²) in [4.78, 5) is 29.5. The van der Waals surface area contributed by atoms with Gasteiger partial charge in [-0.1, -0.05) is 42.5 Å². The van der Waals surface area contributed by atoms with Gasteiger partial charge >= 0.3 is 5.97 Å². The van der Waals surface area contributed by atoms with E-state index in [4.69, 9.17) is 10.5 Å². The van der Waals surface area contributed by atoms with Gasteiger partial charge in [0, 0.05) is 17.3 Å². The van der Waals surface area contributed by atoms with Crippen LogP contribution in [0.1, 0.15) is 24.0 Å². The molecule has 0 saturated heterocycles. The van der Waals surface area contributed by atoms with Gasteiger partial charge in [-0.25, -0.2) is 9.78 Å². The fourth-order valence-corrected chi connectivity index (χ4v) is 3.91. The number of pyridine rings is 1. The van der Waals surface area contributed by atoms with E-state index in [1.165, 1.54) is 7.11 Å². The van der Waals surface area contributed by atoms with E-state index >= 15 is 0 Å². The number of esters is 1. The van der Waals surface area contributed by atoms with Crippen molar-refractivity contribution >= 4 is 41.1 Å². The Hall–Kier alpha value is -3.32. The van der Waals surface area contributed by atoms with Crippen LogP contribution in [-0.2, 0) is 14.3 Å². The Morgan fingerprint density at radius 3 is 2.72 bits per heavy atom. The highest BCUT2D eigenvalue weighted by Crippen LogP contribution is 2.32. The van der Waals surface area contributed by atoms with Gasteiger partial charge in [0.05, 0.1) is 7.11 Å². The molecule has 1 aromatic heterocycles. The molecule has 0 saturated carbocycles. The molecule has 7 heteroatoms. The van der Waals surface area contributed by atoms with Gasteiger partial charge in [0.1, 0.15) is 11.9 Å². The number of rotatable bonds is 8. The van der Waals surface area contributed by atoms with E-state index < -0.39 is 12.0 Å². The number of nitrogens with two attached hydrogens (primary N) is 1. The maximum Gasteiger partial charge on any atom is 0.328 e. The number of hydrogen-bond acceptors (Lipinski definition) is 6. The van der Waals surface area contributed by atoms with Crippen LogP contribution in [0.25, 0.3) is 11.6 Å². The zero-order valence-electron chi connectivity index (χ0n) is 18.2. The number of benzene rings is 1. The third kappa shape index (κ3) is 5.88.